The minimum Gasteiger partial charge on any atom is -0.383 e. The van der Waals surface area contributed by atoms with Gasteiger partial charge in [-0.25, -0.2) is 4.98 Å². The number of halogens is 1. The molecule has 3 heterocycles. The molecule has 0 radical (unpaired) electrons. The smallest absolute Gasteiger partial charge is 0.256 e. The van der Waals surface area contributed by atoms with Gasteiger partial charge in [0.25, 0.3) is 5.91 Å². The molecule has 2 aromatic heterocycles. The molecule has 162 valence electrons. The number of carbonyl (C=O) groups excluding carboxylic acids is 1. The molecule has 9 heteroatoms. The number of pyridine rings is 1. The molecule has 3 aromatic rings. The topological polar surface area (TPSA) is 103 Å². The number of ether oxygens (including phenoxy) is 2. The highest BCUT2D eigenvalue weighted by Crippen LogP contribution is 2.38. The van der Waals surface area contributed by atoms with Gasteiger partial charge in [-0.3, -0.25) is 4.79 Å². The number of fused-ring (bicyclic) bond motifs is 3. The van der Waals surface area contributed by atoms with Crippen LogP contribution in [0.2, 0.25) is 5.15 Å². The average Bonchev–Trinajstić information content (AvgIpc) is 3.17. The van der Waals surface area contributed by atoms with Crippen LogP contribution in [0.5, 0.6) is 0 Å². The van der Waals surface area contributed by atoms with Gasteiger partial charge in [0.1, 0.15) is 12.0 Å². The number of amides is 1. The Kier molecular flexibility index (Phi) is 6.04. The van der Waals surface area contributed by atoms with Gasteiger partial charge in [-0.1, -0.05) is 18.5 Å². The van der Waals surface area contributed by atoms with Crippen molar-refractivity contribution in [1.82, 2.24) is 20.1 Å². The van der Waals surface area contributed by atoms with E-state index in [0.29, 0.717) is 35.3 Å². The lowest BCUT2D eigenvalue weighted by Gasteiger charge is -2.30. The molecule has 1 unspecified atom stereocenters. The highest BCUT2D eigenvalue weighted by Gasteiger charge is 2.28. The fourth-order valence-electron chi connectivity index (χ4n) is 3.99. The highest BCUT2D eigenvalue weighted by atomic mass is 35.5. The lowest BCUT2D eigenvalue weighted by Crippen LogP contribution is -2.41. The number of benzene rings is 1. The largest absolute Gasteiger partial charge is 0.383 e. The van der Waals surface area contributed by atoms with Crippen LogP contribution in [0.1, 0.15) is 53.6 Å². The Hall–Kier alpha value is -2.81. The van der Waals surface area contributed by atoms with Crippen LogP contribution in [-0.4, -0.2) is 39.3 Å². The van der Waals surface area contributed by atoms with Crippen molar-refractivity contribution in [2.75, 3.05) is 12.8 Å². The van der Waals surface area contributed by atoms with E-state index in [1.807, 2.05) is 26.0 Å². The van der Waals surface area contributed by atoms with Crippen LogP contribution in [0.3, 0.4) is 0 Å². The molecule has 0 saturated carbocycles. The van der Waals surface area contributed by atoms with Gasteiger partial charge in [0, 0.05) is 23.6 Å². The fourth-order valence-corrected chi connectivity index (χ4v) is 4.09. The van der Waals surface area contributed by atoms with Gasteiger partial charge in [-0.05, 0) is 49.2 Å². The van der Waals surface area contributed by atoms with Crippen LogP contribution in [0.4, 0.5) is 5.82 Å². The molecule has 2 atom stereocenters. The second-order valence-electron chi connectivity index (χ2n) is 7.45. The maximum absolute atomic E-state index is 13.5. The third-order valence-electron chi connectivity index (χ3n) is 5.54. The Morgan fingerprint density at radius 2 is 2.16 bits per heavy atom. The first-order valence-electron chi connectivity index (χ1n) is 10.1. The van der Waals surface area contributed by atoms with Crippen LogP contribution >= 0.6 is 11.6 Å². The molecule has 0 fully saturated rings. The van der Waals surface area contributed by atoms with Gasteiger partial charge in [-0.2, -0.15) is 5.10 Å². The monoisotopic (exact) mass is 441 g/mol. The van der Waals surface area contributed by atoms with Crippen molar-refractivity contribution in [1.29, 1.82) is 0 Å². The number of hydrogen-bond acceptors (Lipinski definition) is 7. The third kappa shape index (κ3) is 4.06. The Bertz CT molecular complexity index is 1120. The zero-order valence-electron chi connectivity index (χ0n) is 17.6. The molecule has 8 nitrogen and oxygen atoms in total. The van der Waals surface area contributed by atoms with Crippen molar-refractivity contribution in [3.05, 3.63) is 57.9 Å². The first-order valence-corrected chi connectivity index (χ1v) is 10.5. The number of nitrogens with zero attached hydrogens (tertiary/aromatic N) is 4. The molecule has 31 heavy (non-hydrogen) atoms. The molecular formula is C22H24ClN5O3. The molecule has 2 N–H and O–H groups in total. The van der Waals surface area contributed by atoms with Crippen molar-refractivity contribution in [2.24, 2.45) is 0 Å². The van der Waals surface area contributed by atoms with E-state index < -0.39 is 6.23 Å². The van der Waals surface area contributed by atoms with Crippen LogP contribution in [0.15, 0.2) is 30.3 Å². The summed E-state index contributed by atoms with van der Waals surface area (Å²) in [7, 11) is 1.58. The second kappa shape index (κ2) is 8.74. The molecular weight excluding hydrogens is 418 g/mol. The Morgan fingerprint density at radius 1 is 1.35 bits per heavy atom. The summed E-state index contributed by atoms with van der Waals surface area (Å²) < 4.78 is 11.3. The molecule has 1 amide bonds. The summed E-state index contributed by atoms with van der Waals surface area (Å²) in [5.41, 5.74) is 9.90. The maximum atomic E-state index is 13.5. The summed E-state index contributed by atoms with van der Waals surface area (Å²) in [5.74, 6) is 0.296. The standard InChI is InChI=1S/C22H24ClN5O3/c1-4-19(30-3)28(10-14-6-8-18(23)27-26-14)22(29)13-5-7-17-15(9-13)16-11-31-12(2)20(16)21(24)25-17/h5-9,12,19H,4,10-11H2,1-3H3,(H2,24,25)/t12-,19?/m1/s1. The molecule has 0 bridgehead atoms. The van der Waals surface area contributed by atoms with Crippen molar-refractivity contribution in [3.8, 4) is 0 Å². The van der Waals surface area contributed by atoms with E-state index in [1.165, 1.54) is 0 Å². The van der Waals surface area contributed by atoms with E-state index in [2.05, 4.69) is 15.2 Å². The molecule has 0 saturated heterocycles. The normalized spacial score (nSPS) is 16.3. The van der Waals surface area contributed by atoms with E-state index in [9.17, 15) is 4.79 Å². The first-order chi connectivity index (χ1) is 14.9. The average molecular weight is 442 g/mol. The quantitative estimate of drug-likeness (QED) is 0.579. The van der Waals surface area contributed by atoms with E-state index in [-0.39, 0.29) is 18.6 Å². The van der Waals surface area contributed by atoms with Gasteiger partial charge in [0.15, 0.2) is 5.15 Å². The predicted octanol–water partition coefficient (Wildman–Crippen LogP) is 3.88. The van der Waals surface area contributed by atoms with Crippen molar-refractivity contribution in [3.63, 3.8) is 0 Å². The lowest BCUT2D eigenvalue weighted by atomic mass is 10.00. The van der Waals surface area contributed by atoms with Crippen LogP contribution < -0.4 is 5.73 Å². The molecule has 4 rings (SSSR count). The van der Waals surface area contributed by atoms with E-state index in [4.69, 9.17) is 26.8 Å². The summed E-state index contributed by atoms with van der Waals surface area (Å²) in [4.78, 5) is 19.7. The summed E-state index contributed by atoms with van der Waals surface area (Å²) in [6, 6.07) is 8.82. The summed E-state index contributed by atoms with van der Waals surface area (Å²) >= 11 is 5.84. The van der Waals surface area contributed by atoms with Crippen molar-refractivity contribution >= 4 is 34.2 Å². The molecule has 1 aromatic carbocycles. The fraction of sp³-hybridized carbons (Fsp3) is 0.364. The van der Waals surface area contributed by atoms with Crippen LogP contribution in [0.25, 0.3) is 10.9 Å². The van der Waals surface area contributed by atoms with E-state index in [0.717, 1.165) is 22.0 Å². The number of nitrogens with two attached hydrogens (primary N) is 1. The number of rotatable bonds is 6. The summed E-state index contributed by atoms with van der Waals surface area (Å²) in [5, 5.41) is 9.13. The van der Waals surface area contributed by atoms with Crippen molar-refractivity contribution in [2.45, 2.75) is 45.8 Å². The first kappa shape index (κ1) is 21.4. The van der Waals surface area contributed by atoms with Gasteiger partial charge >= 0.3 is 0 Å². The minimum absolute atomic E-state index is 0.121. The molecule has 0 aliphatic carbocycles. The Balaban J connectivity index is 1.74. The van der Waals surface area contributed by atoms with Crippen molar-refractivity contribution < 1.29 is 14.3 Å². The number of nitrogen functional groups attached to an aromatic ring is 1. The predicted molar refractivity (Wildman–Crippen MR) is 117 cm³/mol. The third-order valence-corrected chi connectivity index (χ3v) is 5.75. The number of aromatic nitrogens is 3. The number of methoxy groups -OCH3 is 1. The van der Waals surface area contributed by atoms with E-state index >= 15 is 0 Å². The minimum atomic E-state index is -0.417. The van der Waals surface area contributed by atoms with Crippen LogP contribution in [0, 0.1) is 0 Å². The Morgan fingerprint density at radius 3 is 2.84 bits per heavy atom. The number of hydrogen-bond donors (Lipinski definition) is 1. The van der Waals surface area contributed by atoms with Gasteiger partial charge in [0.05, 0.1) is 30.5 Å². The zero-order valence-corrected chi connectivity index (χ0v) is 18.4. The second-order valence-corrected chi connectivity index (χ2v) is 7.84. The van der Waals surface area contributed by atoms with Gasteiger partial charge in [0.2, 0.25) is 0 Å². The molecule has 1 aliphatic heterocycles. The maximum Gasteiger partial charge on any atom is 0.256 e. The lowest BCUT2D eigenvalue weighted by molar-refractivity contribution is -0.0267. The number of carbonyl (C=O) groups is 1. The Labute approximate surface area is 185 Å². The van der Waals surface area contributed by atoms with Gasteiger partial charge < -0.3 is 20.1 Å². The summed E-state index contributed by atoms with van der Waals surface area (Å²) in [6.07, 6.45) is 0.0823. The van der Waals surface area contributed by atoms with Gasteiger partial charge in [-0.15, -0.1) is 5.10 Å². The zero-order chi connectivity index (χ0) is 22.1. The highest BCUT2D eigenvalue weighted by molar-refractivity contribution is 6.29. The number of anilines is 1. The molecule has 1 aliphatic rings. The summed E-state index contributed by atoms with van der Waals surface area (Å²) in [6.45, 7) is 4.59. The SMILES string of the molecule is CCC(OC)N(Cc1ccc(Cl)nn1)C(=O)c1ccc2nc(N)c3c(c2c1)CO[C@@H]3C. The molecule has 0 spiro atoms. The van der Waals surface area contributed by atoms with Crippen LogP contribution in [-0.2, 0) is 22.6 Å². The van der Waals surface area contributed by atoms with E-state index in [1.54, 1.807) is 30.2 Å².